The molecule has 0 aromatic heterocycles. The van der Waals surface area contributed by atoms with Crippen molar-refractivity contribution in [2.24, 2.45) is 0 Å². The average Bonchev–Trinajstić information content (AvgIpc) is 3.30. The predicted molar refractivity (Wildman–Crippen MR) is 77.6 cm³/mol. The summed E-state index contributed by atoms with van der Waals surface area (Å²) in [4.78, 5) is 12.0. The molecular weight excluding hydrogens is 234 g/mol. The number of benzene rings is 1. The van der Waals surface area contributed by atoms with Crippen LogP contribution in [0.2, 0.25) is 0 Å². The minimum atomic E-state index is 0.224. The molecule has 0 bridgehead atoms. The molecule has 3 rings (SSSR count). The molecule has 0 aliphatic heterocycles. The third-order valence-corrected chi connectivity index (χ3v) is 4.44. The first-order valence-corrected chi connectivity index (χ1v) is 7.69. The molecule has 0 radical (unpaired) electrons. The van der Waals surface area contributed by atoms with Crippen molar-refractivity contribution in [1.82, 2.24) is 5.32 Å². The Morgan fingerprint density at radius 1 is 1.00 bits per heavy atom. The monoisotopic (exact) mass is 257 g/mol. The van der Waals surface area contributed by atoms with E-state index in [1.807, 2.05) is 12.1 Å². The van der Waals surface area contributed by atoms with Gasteiger partial charge in [-0.15, -0.1) is 0 Å². The summed E-state index contributed by atoms with van der Waals surface area (Å²) in [5, 5.41) is 3.28. The summed E-state index contributed by atoms with van der Waals surface area (Å²) in [5.74, 6) is 0.949. The normalized spacial score (nSPS) is 20.4. The fourth-order valence-electron chi connectivity index (χ4n) is 3.00. The van der Waals surface area contributed by atoms with Gasteiger partial charge in [-0.25, -0.2) is 0 Å². The standard InChI is InChI=1S/C17H23NO/c19-17(12-18-16-10-11-16)15-8-6-14(7-9-15)13-4-2-1-3-5-13/h6-9,13,16,18H,1-5,10-12H2. The van der Waals surface area contributed by atoms with Crippen molar-refractivity contribution in [3.63, 3.8) is 0 Å². The Hall–Kier alpha value is -1.15. The molecule has 0 heterocycles. The second kappa shape index (κ2) is 5.87. The van der Waals surface area contributed by atoms with Gasteiger partial charge in [0.25, 0.3) is 0 Å². The van der Waals surface area contributed by atoms with Crippen molar-refractivity contribution in [2.75, 3.05) is 6.54 Å². The van der Waals surface area contributed by atoms with Crippen molar-refractivity contribution in [3.05, 3.63) is 35.4 Å². The maximum Gasteiger partial charge on any atom is 0.176 e. The lowest BCUT2D eigenvalue weighted by atomic mass is 9.84. The molecule has 2 nitrogen and oxygen atoms in total. The van der Waals surface area contributed by atoms with Crippen LogP contribution in [-0.2, 0) is 0 Å². The summed E-state index contributed by atoms with van der Waals surface area (Å²) < 4.78 is 0. The zero-order valence-electron chi connectivity index (χ0n) is 11.5. The SMILES string of the molecule is O=C(CNC1CC1)c1ccc(C2CCCCC2)cc1. The largest absolute Gasteiger partial charge is 0.307 e. The lowest BCUT2D eigenvalue weighted by Crippen LogP contribution is -2.24. The van der Waals surface area contributed by atoms with E-state index in [0.29, 0.717) is 12.6 Å². The Kier molecular flexibility index (Phi) is 3.97. The first-order chi connectivity index (χ1) is 9.33. The van der Waals surface area contributed by atoms with Crippen molar-refractivity contribution in [2.45, 2.75) is 56.9 Å². The fraction of sp³-hybridized carbons (Fsp3) is 0.588. The quantitative estimate of drug-likeness (QED) is 0.815. The number of rotatable bonds is 5. The van der Waals surface area contributed by atoms with Gasteiger partial charge in [-0.1, -0.05) is 43.5 Å². The van der Waals surface area contributed by atoms with E-state index in [4.69, 9.17) is 0 Å². The number of hydrogen-bond acceptors (Lipinski definition) is 2. The third-order valence-electron chi connectivity index (χ3n) is 4.44. The average molecular weight is 257 g/mol. The molecule has 0 unspecified atom stereocenters. The van der Waals surface area contributed by atoms with Crippen LogP contribution in [0.4, 0.5) is 0 Å². The number of carbonyl (C=O) groups is 1. The van der Waals surface area contributed by atoms with E-state index in [0.717, 1.165) is 11.5 Å². The van der Waals surface area contributed by atoms with E-state index in [1.54, 1.807) is 0 Å². The summed E-state index contributed by atoms with van der Waals surface area (Å²) in [7, 11) is 0. The Balaban J connectivity index is 1.58. The van der Waals surface area contributed by atoms with Crippen LogP contribution in [0, 0.1) is 0 Å². The molecule has 1 aromatic rings. The van der Waals surface area contributed by atoms with Crippen LogP contribution in [-0.4, -0.2) is 18.4 Å². The molecule has 2 saturated carbocycles. The zero-order valence-corrected chi connectivity index (χ0v) is 11.5. The lowest BCUT2D eigenvalue weighted by Gasteiger charge is -2.22. The van der Waals surface area contributed by atoms with Gasteiger partial charge in [0, 0.05) is 11.6 Å². The molecule has 1 N–H and O–H groups in total. The minimum absolute atomic E-state index is 0.224. The van der Waals surface area contributed by atoms with E-state index in [2.05, 4.69) is 17.4 Å². The highest BCUT2D eigenvalue weighted by molar-refractivity contribution is 5.97. The van der Waals surface area contributed by atoms with Crippen LogP contribution in [0.1, 0.15) is 66.8 Å². The van der Waals surface area contributed by atoms with Crippen LogP contribution in [0.25, 0.3) is 0 Å². The molecule has 0 spiro atoms. The Morgan fingerprint density at radius 2 is 1.68 bits per heavy atom. The van der Waals surface area contributed by atoms with Crippen LogP contribution in [0.3, 0.4) is 0 Å². The molecule has 0 atom stereocenters. The molecule has 2 heteroatoms. The number of nitrogens with one attached hydrogen (secondary N) is 1. The van der Waals surface area contributed by atoms with Crippen molar-refractivity contribution < 1.29 is 4.79 Å². The molecule has 19 heavy (non-hydrogen) atoms. The highest BCUT2D eigenvalue weighted by Crippen LogP contribution is 2.32. The number of carbonyl (C=O) groups excluding carboxylic acids is 1. The maximum atomic E-state index is 12.0. The second-order valence-corrected chi connectivity index (χ2v) is 6.04. The molecule has 0 saturated heterocycles. The number of hydrogen-bond donors (Lipinski definition) is 1. The van der Waals surface area contributed by atoms with Crippen LogP contribution >= 0.6 is 0 Å². The first kappa shape index (κ1) is 12.9. The van der Waals surface area contributed by atoms with Crippen LogP contribution in [0.5, 0.6) is 0 Å². The van der Waals surface area contributed by atoms with Gasteiger partial charge in [-0.3, -0.25) is 4.79 Å². The number of ketones is 1. The van der Waals surface area contributed by atoms with Gasteiger partial charge in [-0.05, 0) is 37.2 Å². The topological polar surface area (TPSA) is 29.1 Å². The number of Topliss-reactive ketones (excluding diaryl/α,β-unsaturated/α-hetero) is 1. The third kappa shape index (κ3) is 3.44. The summed E-state index contributed by atoms with van der Waals surface area (Å²) >= 11 is 0. The smallest absolute Gasteiger partial charge is 0.176 e. The van der Waals surface area contributed by atoms with E-state index in [9.17, 15) is 4.79 Å². The van der Waals surface area contributed by atoms with Gasteiger partial charge in [0.2, 0.25) is 0 Å². The van der Waals surface area contributed by atoms with Gasteiger partial charge in [0.15, 0.2) is 5.78 Å². The summed E-state index contributed by atoms with van der Waals surface area (Å²) in [5.41, 5.74) is 2.28. The fourth-order valence-corrected chi connectivity index (χ4v) is 3.00. The van der Waals surface area contributed by atoms with E-state index in [-0.39, 0.29) is 5.78 Å². The van der Waals surface area contributed by atoms with Gasteiger partial charge in [0.1, 0.15) is 0 Å². The van der Waals surface area contributed by atoms with Crippen LogP contribution < -0.4 is 5.32 Å². The summed E-state index contributed by atoms with van der Waals surface area (Å²) in [6.45, 7) is 0.493. The zero-order chi connectivity index (χ0) is 13.1. The van der Waals surface area contributed by atoms with E-state index < -0.39 is 0 Å². The van der Waals surface area contributed by atoms with Crippen molar-refractivity contribution in [1.29, 1.82) is 0 Å². The van der Waals surface area contributed by atoms with Crippen LogP contribution in [0.15, 0.2) is 24.3 Å². The first-order valence-electron chi connectivity index (χ1n) is 7.69. The molecule has 1 aromatic carbocycles. The molecule has 2 aliphatic carbocycles. The molecule has 2 aliphatic rings. The van der Waals surface area contributed by atoms with E-state index in [1.165, 1.54) is 50.5 Å². The Morgan fingerprint density at radius 3 is 2.32 bits per heavy atom. The van der Waals surface area contributed by atoms with E-state index >= 15 is 0 Å². The Labute approximate surface area is 115 Å². The maximum absolute atomic E-state index is 12.0. The van der Waals surface area contributed by atoms with Crippen molar-refractivity contribution >= 4 is 5.78 Å². The molecular formula is C17H23NO. The molecule has 0 amide bonds. The van der Waals surface area contributed by atoms with Gasteiger partial charge >= 0.3 is 0 Å². The van der Waals surface area contributed by atoms with Gasteiger partial charge < -0.3 is 5.32 Å². The molecule has 102 valence electrons. The van der Waals surface area contributed by atoms with Crippen molar-refractivity contribution in [3.8, 4) is 0 Å². The highest BCUT2D eigenvalue weighted by atomic mass is 16.1. The summed E-state index contributed by atoms with van der Waals surface area (Å²) in [6.07, 6.45) is 9.20. The minimum Gasteiger partial charge on any atom is -0.307 e. The summed E-state index contributed by atoms with van der Waals surface area (Å²) in [6, 6.07) is 8.97. The Bertz CT molecular complexity index is 427. The molecule has 2 fully saturated rings. The second-order valence-electron chi connectivity index (χ2n) is 6.04. The highest BCUT2D eigenvalue weighted by Gasteiger charge is 2.21. The van der Waals surface area contributed by atoms with Gasteiger partial charge in [0.05, 0.1) is 6.54 Å². The van der Waals surface area contributed by atoms with Gasteiger partial charge in [-0.2, -0.15) is 0 Å². The predicted octanol–water partition coefficient (Wildman–Crippen LogP) is 3.67. The lowest BCUT2D eigenvalue weighted by molar-refractivity contribution is 0.0990.